The second-order valence-electron chi connectivity index (χ2n) is 4.54. The zero-order valence-electron chi connectivity index (χ0n) is 12.0. The molecule has 0 saturated carbocycles. The Morgan fingerprint density at radius 2 is 1.86 bits per heavy atom. The summed E-state index contributed by atoms with van der Waals surface area (Å²) >= 11 is 1.32. The highest BCUT2D eigenvalue weighted by molar-refractivity contribution is 7.20. The number of phenols is 1. The number of para-hydroxylation sites is 1. The van der Waals surface area contributed by atoms with Gasteiger partial charge in [-0.1, -0.05) is 12.1 Å². The number of methoxy groups -OCH3 is 2. The average Bonchev–Trinajstić information content (AvgIpc) is 2.97. The Balaban J connectivity index is 2.11. The van der Waals surface area contributed by atoms with Crippen molar-refractivity contribution in [1.82, 2.24) is 4.98 Å². The molecule has 112 valence electrons. The number of phenolic OH excluding ortho intramolecular Hbond substituents is 1. The van der Waals surface area contributed by atoms with Crippen LogP contribution in [0.15, 0.2) is 36.4 Å². The Morgan fingerprint density at radius 1 is 1.14 bits per heavy atom. The molecule has 0 atom stereocenters. The minimum atomic E-state index is -0.267. The first kappa shape index (κ1) is 14.3. The van der Waals surface area contributed by atoms with Crippen molar-refractivity contribution in [3.05, 3.63) is 47.0 Å². The second kappa shape index (κ2) is 5.65. The van der Waals surface area contributed by atoms with E-state index in [1.165, 1.54) is 37.7 Å². The normalized spacial score (nSPS) is 10.6. The lowest BCUT2D eigenvalue weighted by Gasteiger charge is -2.10. The first-order valence-corrected chi connectivity index (χ1v) is 7.31. The van der Waals surface area contributed by atoms with Crippen LogP contribution in [0.25, 0.3) is 10.2 Å². The summed E-state index contributed by atoms with van der Waals surface area (Å²) in [6.07, 6.45) is 0. The van der Waals surface area contributed by atoms with Crippen LogP contribution in [-0.4, -0.2) is 30.1 Å². The highest BCUT2D eigenvalue weighted by Crippen LogP contribution is 2.35. The lowest BCUT2D eigenvalue weighted by Crippen LogP contribution is -2.04. The number of aromatic nitrogens is 1. The van der Waals surface area contributed by atoms with Gasteiger partial charge in [0.2, 0.25) is 5.78 Å². The molecule has 0 spiro atoms. The third-order valence-electron chi connectivity index (χ3n) is 3.23. The number of carbonyl (C=O) groups excluding carboxylic acids is 1. The zero-order valence-corrected chi connectivity index (χ0v) is 12.8. The molecule has 5 nitrogen and oxygen atoms in total. The number of carbonyl (C=O) groups is 1. The number of ketones is 1. The van der Waals surface area contributed by atoms with Crippen LogP contribution in [0.4, 0.5) is 0 Å². The van der Waals surface area contributed by atoms with Crippen LogP contribution in [0, 0.1) is 0 Å². The van der Waals surface area contributed by atoms with E-state index in [-0.39, 0.29) is 23.0 Å². The fraction of sp³-hybridized carbons (Fsp3) is 0.125. The molecule has 22 heavy (non-hydrogen) atoms. The SMILES string of the molecule is COc1cc(C(=O)c2nc3ccccc3s2)c(OC)cc1O. The van der Waals surface area contributed by atoms with Gasteiger partial charge in [0.1, 0.15) is 5.75 Å². The van der Waals surface area contributed by atoms with E-state index in [4.69, 9.17) is 9.47 Å². The number of rotatable bonds is 4. The maximum atomic E-state index is 12.7. The largest absolute Gasteiger partial charge is 0.504 e. The summed E-state index contributed by atoms with van der Waals surface area (Å²) in [5, 5.41) is 10.2. The van der Waals surface area contributed by atoms with Gasteiger partial charge in [0, 0.05) is 6.07 Å². The molecule has 0 unspecified atom stereocenters. The highest BCUT2D eigenvalue weighted by atomic mass is 32.1. The molecule has 0 bridgehead atoms. The second-order valence-corrected chi connectivity index (χ2v) is 5.57. The molecule has 0 amide bonds. The van der Waals surface area contributed by atoms with Gasteiger partial charge in [-0.25, -0.2) is 4.98 Å². The molecule has 0 aliphatic heterocycles. The average molecular weight is 315 g/mol. The van der Waals surface area contributed by atoms with E-state index in [2.05, 4.69) is 4.98 Å². The van der Waals surface area contributed by atoms with Crippen molar-refractivity contribution in [2.24, 2.45) is 0 Å². The van der Waals surface area contributed by atoms with Crippen molar-refractivity contribution < 1.29 is 19.4 Å². The van der Waals surface area contributed by atoms with Gasteiger partial charge in [-0.3, -0.25) is 4.79 Å². The van der Waals surface area contributed by atoms with Crippen molar-refractivity contribution in [2.75, 3.05) is 14.2 Å². The van der Waals surface area contributed by atoms with Crippen LogP contribution in [0.5, 0.6) is 17.2 Å². The van der Waals surface area contributed by atoms with Crippen molar-refractivity contribution in [3.63, 3.8) is 0 Å². The fourth-order valence-corrected chi connectivity index (χ4v) is 3.06. The first-order chi connectivity index (χ1) is 10.6. The summed E-state index contributed by atoms with van der Waals surface area (Å²) in [4.78, 5) is 17.1. The molecule has 0 radical (unpaired) electrons. The van der Waals surface area contributed by atoms with Gasteiger partial charge in [0.15, 0.2) is 16.5 Å². The van der Waals surface area contributed by atoms with Gasteiger partial charge in [-0.15, -0.1) is 11.3 Å². The van der Waals surface area contributed by atoms with E-state index in [1.807, 2.05) is 24.3 Å². The molecular formula is C16H13NO4S. The van der Waals surface area contributed by atoms with Crippen LogP contribution < -0.4 is 9.47 Å². The summed E-state index contributed by atoms with van der Waals surface area (Å²) < 4.78 is 11.2. The van der Waals surface area contributed by atoms with Gasteiger partial charge < -0.3 is 14.6 Å². The predicted octanol–water partition coefficient (Wildman–Crippen LogP) is 3.25. The van der Waals surface area contributed by atoms with Crippen molar-refractivity contribution in [1.29, 1.82) is 0 Å². The number of thiazole rings is 1. The molecule has 3 rings (SSSR count). The van der Waals surface area contributed by atoms with Crippen molar-refractivity contribution in [2.45, 2.75) is 0 Å². The molecule has 0 aliphatic rings. The Morgan fingerprint density at radius 3 is 2.55 bits per heavy atom. The minimum absolute atomic E-state index is 0.0831. The summed E-state index contributed by atoms with van der Waals surface area (Å²) in [5.41, 5.74) is 1.08. The Bertz CT molecular complexity index is 823. The maximum Gasteiger partial charge on any atom is 0.225 e. The van der Waals surface area contributed by atoms with Crippen LogP contribution in [-0.2, 0) is 0 Å². The van der Waals surface area contributed by atoms with E-state index >= 15 is 0 Å². The van der Waals surface area contributed by atoms with E-state index in [0.29, 0.717) is 10.6 Å². The van der Waals surface area contributed by atoms with Gasteiger partial charge in [0.25, 0.3) is 0 Å². The van der Waals surface area contributed by atoms with Crippen LogP contribution in [0.2, 0.25) is 0 Å². The molecule has 1 heterocycles. The van der Waals surface area contributed by atoms with Crippen LogP contribution >= 0.6 is 11.3 Å². The first-order valence-electron chi connectivity index (χ1n) is 6.49. The minimum Gasteiger partial charge on any atom is -0.504 e. The third-order valence-corrected chi connectivity index (χ3v) is 4.27. The Hall–Kier alpha value is -2.60. The topological polar surface area (TPSA) is 68.7 Å². The summed E-state index contributed by atoms with van der Waals surface area (Å²) in [7, 11) is 2.86. The number of aromatic hydroxyl groups is 1. The Labute approximate surface area is 130 Å². The highest BCUT2D eigenvalue weighted by Gasteiger charge is 2.21. The number of benzene rings is 2. The summed E-state index contributed by atoms with van der Waals surface area (Å²) in [6, 6.07) is 10.4. The number of hydrogen-bond donors (Lipinski definition) is 1. The molecule has 1 aromatic heterocycles. The van der Waals surface area contributed by atoms with Crippen LogP contribution in [0.3, 0.4) is 0 Å². The zero-order chi connectivity index (χ0) is 15.7. The molecule has 0 aliphatic carbocycles. The quantitative estimate of drug-likeness (QED) is 0.749. The van der Waals surface area contributed by atoms with E-state index in [1.54, 1.807) is 0 Å². The van der Waals surface area contributed by atoms with Crippen molar-refractivity contribution in [3.8, 4) is 17.2 Å². The summed E-state index contributed by atoms with van der Waals surface area (Å²) in [5.74, 6) is 0.143. The predicted molar refractivity (Wildman–Crippen MR) is 84.3 cm³/mol. The van der Waals surface area contributed by atoms with Gasteiger partial charge >= 0.3 is 0 Å². The fourth-order valence-electron chi connectivity index (χ4n) is 2.14. The van der Waals surface area contributed by atoms with Crippen LogP contribution in [0.1, 0.15) is 15.4 Å². The molecular weight excluding hydrogens is 302 g/mol. The molecule has 6 heteroatoms. The molecule has 0 saturated heterocycles. The Kier molecular flexibility index (Phi) is 3.68. The lowest BCUT2D eigenvalue weighted by molar-refractivity contribution is 0.103. The number of ether oxygens (including phenoxy) is 2. The molecule has 0 fully saturated rings. The lowest BCUT2D eigenvalue weighted by atomic mass is 10.1. The van der Waals surface area contributed by atoms with Crippen molar-refractivity contribution >= 4 is 27.3 Å². The van der Waals surface area contributed by atoms with Gasteiger partial charge in [-0.05, 0) is 18.2 Å². The van der Waals surface area contributed by atoms with Gasteiger partial charge in [-0.2, -0.15) is 0 Å². The molecule has 1 N–H and O–H groups in total. The molecule has 3 aromatic rings. The monoisotopic (exact) mass is 315 g/mol. The van der Waals surface area contributed by atoms with E-state index in [9.17, 15) is 9.90 Å². The van der Waals surface area contributed by atoms with E-state index < -0.39 is 0 Å². The standard InChI is InChI=1S/C16H13NO4S/c1-20-12-8-11(18)13(21-2)7-9(12)15(19)16-17-10-5-3-4-6-14(10)22-16/h3-8,18H,1-2H3. The summed E-state index contributed by atoms with van der Waals surface area (Å²) in [6.45, 7) is 0. The number of hydrogen-bond acceptors (Lipinski definition) is 6. The number of fused-ring (bicyclic) bond motifs is 1. The third kappa shape index (κ3) is 2.37. The van der Waals surface area contributed by atoms with E-state index in [0.717, 1.165) is 10.2 Å². The number of nitrogens with zero attached hydrogens (tertiary/aromatic N) is 1. The maximum absolute atomic E-state index is 12.7. The smallest absolute Gasteiger partial charge is 0.225 e. The van der Waals surface area contributed by atoms with Gasteiger partial charge in [0.05, 0.1) is 30.0 Å². The molecule has 2 aromatic carbocycles.